The number of rotatable bonds is 4. The summed E-state index contributed by atoms with van der Waals surface area (Å²) < 4.78 is 10.6. The predicted molar refractivity (Wildman–Crippen MR) is 81.3 cm³/mol. The third kappa shape index (κ3) is 3.52. The van der Waals surface area contributed by atoms with Crippen molar-refractivity contribution in [3.8, 4) is 11.6 Å². The van der Waals surface area contributed by atoms with E-state index in [4.69, 9.17) is 21.1 Å². The van der Waals surface area contributed by atoms with Gasteiger partial charge in [-0.1, -0.05) is 24.6 Å². The molecule has 110 valence electrons. The lowest BCUT2D eigenvalue weighted by atomic mass is 10.1. The SMILES string of the molecule is CCc1cc(OC(=O)c2cccc(Cl)c2)c(OC)nc1C. The van der Waals surface area contributed by atoms with Crippen molar-refractivity contribution in [2.24, 2.45) is 0 Å². The van der Waals surface area contributed by atoms with E-state index in [1.807, 2.05) is 13.8 Å². The molecule has 0 aliphatic rings. The molecule has 0 atom stereocenters. The van der Waals surface area contributed by atoms with Gasteiger partial charge in [0.2, 0.25) is 0 Å². The second kappa shape index (κ2) is 6.59. The second-order valence-corrected chi connectivity index (χ2v) is 4.93. The monoisotopic (exact) mass is 305 g/mol. The van der Waals surface area contributed by atoms with E-state index in [0.29, 0.717) is 22.2 Å². The zero-order valence-electron chi connectivity index (χ0n) is 12.1. The van der Waals surface area contributed by atoms with Gasteiger partial charge in [-0.2, -0.15) is 0 Å². The Morgan fingerprint density at radius 2 is 2.10 bits per heavy atom. The predicted octanol–water partition coefficient (Wildman–Crippen LogP) is 3.83. The number of ether oxygens (including phenoxy) is 2. The Bertz CT molecular complexity index is 671. The van der Waals surface area contributed by atoms with Crippen LogP contribution >= 0.6 is 11.6 Å². The summed E-state index contributed by atoms with van der Waals surface area (Å²) in [6.45, 7) is 3.91. The van der Waals surface area contributed by atoms with Gasteiger partial charge in [0.05, 0.1) is 12.7 Å². The summed E-state index contributed by atoms with van der Waals surface area (Å²) in [4.78, 5) is 16.5. The molecule has 2 rings (SSSR count). The van der Waals surface area contributed by atoms with E-state index >= 15 is 0 Å². The van der Waals surface area contributed by atoms with Gasteiger partial charge in [0.15, 0.2) is 5.75 Å². The van der Waals surface area contributed by atoms with E-state index in [2.05, 4.69) is 4.98 Å². The van der Waals surface area contributed by atoms with Crippen molar-refractivity contribution < 1.29 is 14.3 Å². The van der Waals surface area contributed by atoms with Gasteiger partial charge in [0.1, 0.15) is 0 Å². The highest BCUT2D eigenvalue weighted by Crippen LogP contribution is 2.28. The number of esters is 1. The van der Waals surface area contributed by atoms with Crippen molar-refractivity contribution >= 4 is 17.6 Å². The highest BCUT2D eigenvalue weighted by Gasteiger charge is 2.15. The Morgan fingerprint density at radius 1 is 1.33 bits per heavy atom. The maximum Gasteiger partial charge on any atom is 0.343 e. The quantitative estimate of drug-likeness (QED) is 0.805. The summed E-state index contributed by atoms with van der Waals surface area (Å²) in [5, 5.41) is 0.479. The highest BCUT2D eigenvalue weighted by molar-refractivity contribution is 6.30. The van der Waals surface area contributed by atoms with E-state index in [0.717, 1.165) is 17.7 Å². The summed E-state index contributed by atoms with van der Waals surface area (Å²) in [5.74, 6) is 0.105. The van der Waals surface area contributed by atoms with E-state index in [-0.39, 0.29) is 0 Å². The summed E-state index contributed by atoms with van der Waals surface area (Å²) in [6.07, 6.45) is 0.796. The fourth-order valence-corrected chi connectivity index (χ4v) is 2.15. The smallest absolute Gasteiger partial charge is 0.343 e. The third-order valence-electron chi connectivity index (χ3n) is 3.09. The first kappa shape index (κ1) is 15.3. The number of pyridine rings is 1. The number of nitrogens with zero attached hydrogens (tertiary/aromatic N) is 1. The average Bonchev–Trinajstić information content (AvgIpc) is 2.48. The fraction of sp³-hybridized carbons (Fsp3) is 0.250. The molecule has 0 fully saturated rings. The van der Waals surface area contributed by atoms with Gasteiger partial charge in [0.25, 0.3) is 5.88 Å². The van der Waals surface area contributed by atoms with Crippen molar-refractivity contribution in [3.05, 3.63) is 52.2 Å². The molecule has 1 heterocycles. The van der Waals surface area contributed by atoms with Crippen LogP contribution in [0.1, 0.15) is 28.5 Å². The molecule has 0 aliphatic carbocycles. The molecule has 0 amide bonds. The molecule has 21 heavy (non-hydrogen) atoms. The Labute approximate surface area is 128 Å². The minimum absolute atomic E-state index is 0.292. The van der Waals surface area contributed by atoms with Crippen molar-refractivity contribution in [2.75, 3.05) is 7.11 Å². The molecule has 5 heteroatoms. The van der Waals surface area contributed by atoms with Crippen molar-refractivity contribution in [1.29, 1.82) is 0 Å². The molecule has 4 nitrogen and oxygen atoms in total. The van der Waals surface area contributed by atoms with Gasteiger partial charge in [-0.25, -0.2) is 9.78 Å². The van der Waals surface area contributed by atoms with Gasteiger partial charge < -0.3 is 9.47 Å². The molecular weight excluding hydrogens is 290 g/mol. The number of carbonyl (C=O) groups is 1. The summed E-state index contributed by atoms with van der Waals surface area (Å²) in [7, 11) is 1.49. The largest absolute Gasteiger partial charge is 0.478 e. The molecule has 0 unspecified atom stereocenters. The number of aryl methyl sites for hydroxylation is 2. The van der Waals surface area contributed by atoms with Crippen molar-refractivity contribution in [1.82, 2.24) is 4.98 Å². The summed E-state index contributed by atoms with van der Waals surface area (Å²) in [5.41, 5.74) is 2.24. The van der Waals surface area contributed by atoms with Gasteiger partial charge in [0, 0.05) is 10.7 Å². The number of carbonyl (C=O) groups excluding carboxylic acids is 1. The Balaban J connectivity index is 2.32. The lowest BCUT2D eigenvalue weighted by Gasteiger charge is -2.11. The lowest BCUT2D eigenvalue weighted by Crippen LogP contribution is -2.10. The fourth-order valence-electron chi connectivity index (χ4n) is 1.96. The van der Waals surface area contributed by atoms with E-state index < -0.39 is 5.97 Å². The zero-order valence-corrected chi connectivity index (χ0v) is 12.9. The number of hydrogen-bond donors (Lipinski definition) is 0. The van der Waals surface area contributed by atoms with Crippen LogP contribution in [-0.2, 0) is 6.42 Å². The van der Waals surface area contributed by atoms with Crippen LogP contribution in [-0.4, -0.2) is 18.1 Å². The van der Waals surface area contributed by atoms with Crippen LogP contribution in [0.25, 0.3) is 0 Å². The minimum Gasteiger partial charge on any atom is -0.478 e. The molecule has 0 aliphatic heterocycles. The second-order valence-electron chi connectivity index (χ2n) is 4.49. The summed E-state index contributed by atoms with van der Waals surface area (Å²) >= 11 is 5.87. The minimum atomic E-state index is -0.497. The van der Waals surface area contributed by atoms with E-state index in [1.165, 1.54) is 7.11 Å². The number of methoxy groups -OCH3 is 1. The topological polar surface area (TPSA) is 48.4 Å². The third-order valence-corrected chi connectivity index (χ3v) is 3.32. The first-order chi connectivity index (χ1) is 10.0. The molecular formula is C16H16ClNO3. The molecule has 0 bridgehead atoms. The van der Waals surface area contributed by atoms with Gasteiger partial charge >= 0.3 is 5.97 Å². The van der Waals surface area contributed by atoms with Gasteiger partial charge in [-0.3, -0.25) is 0 Å². The zero-order chi connectivity index (χ0) is 15.4. The Hall–Kier alpha value is -2.07. The van der Waals surface area contributed by atoms with Crippen LogP contribution in [0.4, 0.5) is 0 Å². The Kier molecular flexibility index (Phi) is 4.81. The first-order valence-electron chi connectivity index (χ1n) is 6.57. The molecule has 1 aromatic carbocycles. The number of hydrogen-bond acceptors (Lipinski definition) is 4. The number of halogens is 1. The van der Waals surface area contributed by atoms with E-state index in [9.17, 15) is 4.79 Å². The van der Waals surface area contributed by atoms with Crippen LogP contribution < -0.4 is 9.47 Å². The molecule has 0 N–H and O–H groups in total. The van der Waals surface area contributed by atoms with Crippen molar-refractivity contribution in [3.63, 3.8) is 0 Å². The highest BCUT2D eigenvalue weighted by atomic mass is 35.5. The molecule has 2 aromatic rings. The van der Waals surface area contributed by atoms with Crippen LogP contribution in [0.2, 0.25) is 5.02 Å². The number of aromatic nitrogens is 1. The van der Waals surface area contributed by atoms with E-state index in [1.54, 1.807) is 30.3 Å². The van der Waals surface area contributed by atoms with Crippen molar-refractivity contribution in [2.45, 2.75) is 20.3 Å². The van der Waals surface area contributed by atoms with Crippen LogP contribution in [0.5, 0.6) is 11.6 Å². The van der Waals surface area contributed by atoms with Crippen LogP contribution in [0.3, 0.4) is 0 Å². The van der Waals surface area contributed by atoms with Crippen LogP contribution in [0, 0.1) is 6.92 Å². The molecule has 0 saturated heterocycles. The molecule has 0 saturated carbocycles. The molecule has 0 radical (unpaired) electrons. The summed E-state index contributed by atoms with van der Waals surface area (Å²) in [6, 6.07) is 8.37. The van der Waals surface area contributed by atoms with Crippen LogP contribution in [0.15, 0.2) is 30.3 Å². The Morgan fingerprint density at radius 3 is 2.71 bits per heavy atom. The first-order valence-corrected chi connectivity index (χ1v) is 6.95. The lowest BCUT2D eigenvalue weighted by molar-refractivity contribution is 0.0728. The maximum atomic E-state index is 12.2. The normalized spacial score (nSPS) is 10.3. The average molecular weight is 306 g/mol. The molecule has 1 aromatic heterocycles. The number of benzene rings is 1. The van der Waals surface area contributed by atoms with Gasteiger partial charge in [-0.15, -0.1) is 0 Å². The standard InChI is InChI=1S/C16H16ClNO3/c1-4-11-9-14(15(20-3)18-10(11)2)21-16(19)12-6-5-7-13(17)8-12/h5-9H,4H2,1-3H3. The van der Waals surface area contributed by atoms with Gasteiger partial charge in [-0.05, 0) is 43.2 Å². The molecule has 0 spiro atoms. The maximum absolute atomic E-state index is 12.2.